The Morgan fingerprint density at radius 1 is 1.58 bits per heavy atom. The van der Waals surface area contributed by atoms with Crippen LogP contribution in [0.3, 0.4) is 0 Å². The number of aromatic nitrogens is 1. The molecular formula is C14H17N3O2. The van der Waals surface area contributed by atoms with E-state index in [4.69, 9.17) is 10.4 Å². The SMILES string of the molecule is CC(C)N(CCC#N)c1ccc(/C=C/C(=O)O)cn1. The number of rotatable bonds is 6. The van der Waals surface area contributed by atoms with Crippen LogP contribution in [0.1, 0.15) is 25.8 Å². The van der Waals surface area contributed by atoms with Crippen molar-refractivity contribution in [1.82, 2.24) is 4.98 Å². The van der Waals surface area contributed by atoms with Gasteiger partial charge in [-0.1, -0.05) is 0 Å². The number of aliphatic carboxylic acids is 1. The number of nitrogens with zero attached hydrogens (tertiary/aromatic N) is 3. The molecule has 0 fully saturated rings. The van der Waals surface area contributed by atoms with E-state index in [0.29, 0.717) is 13.0 Å². The van der Waals surface area contributed by atoms with Gasteiger partial charge in [-0.2, -0.15) is 5.26 Å². The van der Waals surface area contributed by atoms with E-state index in [9.17, 15) is 4.79 Å². The van der Waals surface area contributed by atoms with Crippen molar-refractivity contribution in [3.8, 4) is 6.07 Å². The van der Waals surface area contributed by atoms with Crippen molar-refractivity contribution in [2.75, 3.05) is 11.4 Å². The lowest BCUT2D eigenvalue weighted by Gasteiger charge is -2.26. The molecular weight excluding hydrogens is 242 g/mol. The average molecular weight is 259 g/mol. The second-order valence-corrected chi connectivity index (χ2v) is 4.32. The molecule has 0 spiro atoms. The van der Waals surface area contributed by atoms with E-state index in [1.165, 1.54) is 6.08 Å². The first-order valence-corrected chi connectivity index (χ1v) is 6.05. The summed E-state index contributed by atoms with van der Waals surface area (Å²) < 4.78 is 0. The minimum atomic E-state index is -0.984. The molecule has 0 aliphatic rings. The molecule has 1 rings (SSSR count). The predicted octanol–water partition coefficient (Wildman–Crippen LogP) is 2.31. The lowest BCUT2D eigenvalue weighted by Crippen LogP contribution is -2.32. The molecule has 0 unspecified atom stereocenters. The summed E-state index contributed by atoms with van der Waals surface area (Å²) in [5, 5.41) is 17.2. The first-order valence-electron chi connectivity index (χ1n) is 6.05. The minimum Gasteiger partial charge on any atom is -0.478 e. The third-order valence-corrected chi connectivity index (χ3v) is 2.57. The number of hydrogen-bond acceptors (Lipinski definition) is 4. The number of carbonyl (C=O) groups is 1. The zero-order chi connectivity index (χ0) is 14.3. The van der Waals surface area contributed by atoms with Crippen LogP contribution in [-0.2, 0) is 4.79 Å². The van der Waals surface area contributed by atoms with E-state index in [1.54, 1.807) is 6.20 Å². The summed E-state index contributed by atoms with van der Waals surface area (Å²) in [6.45, 7) is 4.71. The van der Waals surface area contributed by atoms with Gasteiger partial charge in [0.2, 0.25) is 0 Å². The van der Waals surface area contributed by atoms with Crippen LogP contribution in [0.2, 0.25) is 0 Å². The van der Waals surface area contributed by atoms with E-state index < -0.39 is 5.97 Å². The standard InChI is InChI=1S/C14H17N3O2/c1-11(2)17(9-3-8-15)13-6-4-12(10-16-13)5-7-14(18)19/h4-7,10-11H,3,9H2,1-2H3,(H,18,19)/b7-5+. The molecule has 0 atom stereocenters. The second-order valence-electron chi connectivity index (χ2n) is 4.32. The van der Waals surface area contributed by atoms with Gasteiger partial charge in [0, 0.05) is 24.9 Å². The van der Waals surface area contributed by atoms with E-state index in [0.717, 1.165) is 17.5 Å². The maximum absolute atomic E-state index is 10.4. The zero-order valence-electron chi connectivity index (χ0n) is 11.1. The molecule has 19 heavy (non-hydrogen) atoms. The molecule has 1 N–H and O–H groups in total. The molecule has 0 radical (unpaired) electrons. The lowest BCUT2D eigenvalue weighted by atomic mass is 10.2. The highest BCUT2D eigenvalue weighted by Crippen LogP contribution is 2.15. The smallest absolute Gasteiger partial charge is 0.328 e. The van der Waals surface area contributed by atoms with Crippen molar-refractivity contribution in [3.05, 3.63) is 30.0 Å². The van der Waals surface area contributed by atoms with Crippen LogP contribution < -0.4 is 4.90 Å². The summed E-state index contributed by atoms with van der Waals surface area (Å²) in [5.74, 6) is -0.195. The van der Waals surface area contributed by atoms with E-state index in [2.05, 4.69) is 11.1 Å². The van der Waals surface area contributed by atoms with Crippen molar-refractivity contribution >= 4 is 17.9 Å². The summed E-state index contributed by atoms with van der Waals surface area (Å²) in [4.78, 5) is 16.7. The fourth-order valence-electron chi connectivity index (χ4n) is 1.64. The topological polar surface area (TPSA) is 77.2 Å². The van der Waals surface area contributed by atoms with Gasteiger partial charge in [-0.15, -0.1) is 0 Å². The molecule has 1 aromatic rings. The van der Waals surface area contributed by atoms with Crippen LogP contribution in [-0.4, -0.2) is 28.6 Å². The number of pyridine rings is 1. The monoisotopic (exact) mass is 259 g/mol. The molecule has 1 aromatic heterocycles. The maximum atomic E-state index is 10.4. The third-order valence-electron chi connectivity index (χ3n) is 2.57. The fourth-order valence-corrected chi connectivity index (χ4v) is 1.64. The van der Waals surface area contributed by atoms with Gasteiger partial charge >= 0.3 is 5.97 Å². The average Bonchev–Trinajstić information content (AvgIpc) is 2.37. The summed E-state index contributed by atoms with van der Waals surface area (Å²) in [6, 6.07) is 6.01. The van der Waals surface area contributed by atoms with Crippen molar-refractivity contribution in [1.29, 1.82) is 5.26 Å². The molecule has 0 bridgehead atoms. The van der Waals surface area contributed by atoms with Crippen molar-refractivity contribution in [2.24, 2.45) is 0 Å². The van der Waals surface area contributed by atoms with Crippen molar-refractivity contribution in [3.63, 3.8) is 0 Å². The Kier molecular flexibility index (Phi) is 5.55. The molecule has 5 heteroatoms. The third kappa shape index (κ3) is 4.80. The van der Waals surface area contributed by atoms with Crippen LogP contribution in [0, 0.1) is 11.3 Å². The van der Waals surface area contributed by atoms with E-state index >= 15 is 0 Å². The Hall–Kier alpha value is -2.35. The van der Waals surface area contributed by atoms with Gasteiger partial charge in [-0.3, -0.25) is 0 Å². The molecule has 0 aromatic carbocycles. The summed E-state index contributed by atoms with van der Waals surface area (Å²) in [6.07, 6.45) is 4.64. The van der Waals surface area contributed by atoms with Gasteiger partial charge in [-0.25, -0.2) is 9.78 Å². The Morgan fingerprint density at radius 3 is 2.79 bits per heavy atom. The first kappa shape index (κ1) is 14.7. The van der Waals surface area contributed by atoms with Gasteiger partial charge in [-0.05, 0) is 37.6 Å². The summed E-state index contributed by atoms with van der Waals surface area (Å²) in [5.41, 5.74) is 0.732. The normalized spacial score (nSPS) is 10.6. The highest BCUT2D eigenvalue weighted by atomic mass is 16.4. The van der Waals surface area contributed by atoms with Crippen LogP contribution in [0.15, 0.2) is 24.4 Å². The van der Waals surface area contributed by atoms with Gasteiger partial charge in [0.15, 0.2) is 0 Å². The van der Waals surface area contributed by atoms with Crippen molar-refractivity contribution < 1.29 is 9.90 Å². The van der Waals surface area contributed by atoms with Crippen LogP contribution in [0.5, 0.6) is 0 Å². The fraction of sp³-hybridized carbons (Fsp3) is 0.357. The number of carboxylic acid groups (broad SMARTS) is 1. The molecule has 0 aliphatic heterocycles. The molecule has 0 aliphatic carbocycles. The van der Waals surface area contributed by atoms with Gasteiger partial charge < -0.3 is 10.0 Å². The van der Waals surface area contributed by atoms with Gasteiger partial charge in [0.1, 0.15) is 5.82 Å². The van der Waals surface area contributed by atoms with Gasteiger partial charge in [0.25, 0.3) is 0 Å². The number of anilines is 1. The maximum Gasteiger partial charge on any atom is 0.328 e. The van der Waals surface area contributed by atoms with E-state index in [1.807, 2.05) is 30.9 Å². The Balaban J connectivity index is 2.83. The Labute approximate surface area is 112 Å². The largest absolute Gasteiger partial charge is 0.478 e. The number of carboxylic acids is 1. The molecule has 1 heterocycles. The lowest BCUT2D eigenvalue weighted by molar-refractivity contribution is -0.131. The predicted molar refractivity (Wildman–Crippen MR) is 73.6 cm³/mol. The summed E-state index contributed by atoms with van der Waals surface area (Å²) >= 11 is 0. The second kappa shape index (κ2) is 7.17. The van der Waals surface area contributed by atoms with Crippen LogP contribution in [0.25, 0.3) is 6.08 Å². The molecule has 5 nitrogen and oxygen atoms in total. The molecule has 0 saturated heterocycles. The minimum absolute atomic E-state index is 0.251. The molecule has 100 valence electrons. The highest BCUT2D eigenvalue weighted by Gasteiger charge is 2.10. The van der Waals surface area contributed by atoms with E-state index in [-0.39, 0.29) is 6.04 Å². The van der Waals surface area contributed by atoms with Gasteiger partial charge in [0.05, 0.1) is 12.5 Å². The summed E-state index contributed by atoms with van der Waals surface area (Å²) in [7, 11) is 0. The first-order chi connectivity index (χ1) is 9.04. The Morgan fingerprint density at radius 2 is 2.32 bits per heavy atom. The molecule has 0 saturated carbocycles. The van der Waals surface area contributed by atoms with Crippen LogP contribution >= 0.6 is 0 Å². The van der Waals surface area contributed by atoms with Crippen LogP contribution in [0.4, 0.5) is 5.82 Å². The number of hydrogen-bond donors (Lipinski definition) is 1. The van der Waals surface area contributed by atoms with Crippen molar-refractivity contribution in [2.45, 2.75) is 26.3 Å². The Bertz CT molecular complexity index is 486. The zero-order valence-corrected chi connectivity index (χ0v) is 11.1. The quantitative estimate of drug-likeness (QED) is 0.793. The number of nitriles is 1. The molecule has 0 amide bonds. The highest BCUT2D eigenvalue weighted by molar-refractivity contribution is 5.85.